The van der Waals surface area contributed by atoms with Crippen molar-refractivity contribution >= 4 is 5.91 Å². The molecule has 0 spiro atoms. The third-order valence-corrected chi connectivity index (χ3v) is 3.39. The number of hydrogen-bond donors (Lipinski definition) is 2. The van der Waals surface area contributed by atoms with Crippen LogP contribution in [0.1, 0.15) is 44.2 Å². The quantitative estimate of drug-likeness (QED) is 0.780. The number of aliphatic hydroxyl groups excluding tert-OH is 1. The molecule has 0 atom stereocenters. The van der Waals surface area contributed by atoms with Gasteiger partial charge >= 0.3 is 0 Å². The van der Waals surface area contributed by atoms with Crippen LogP contribution in [0.5, 0.6) is 0 Å². The van der Waals surface area contributed by atoms with Crippen LogP contribution in [-0.2, 0) is 17.9 Å². The molecule has 1 aromatic rings. The molecule has 0 unspecified atom stereocenters. The summed E-state index contributed by atoms with van der Waals surface area (Å²) in [5.74, 6) is 0.564. The van der Waals surface area contributed by atoms with Crippen LogP contribution in [0.3, 0.4) is 0 Å². The van der Waals surface area contributed by atoms with Gasteiger partial charge in [0.25, 0.3) is 0 Å². The van der Waals surface area contributed by atoms with Crippen molar-refractivity contribution in [3.8, 4) is 0 Å². The number of carbonyl (C=O) groups is 1. The van der Waals surface area contributed by atoms with E-state index in [4.69, 9.17) is 0 Å². The molecule has 0 radical (unpaired) electrons. The van der Waals surface area contributed by atoms with Crippen molar-refractivity contribution in [2.75, 3.05) is 0 Å². The van der Waals surface area contributed by atoms with Crippen molar-refractivity contribution < 1.29 is 9.90 Å². The van der Waals surface area contributed by atoms with E-state index in [-0.39, 0.29) is 12.5 Å². The lowest BCUT2D eigenvalue weighted by Crippen LogP contribution is -2.25. The van der Waals surface area contributed by atoms with Gasteiger partial charge in [0.2, 0.25) is 5.91 Å². The second kappa shape index (κ2) is 7.88. The van der Waals surface area contributed by atoms with Crippen molar-refractivity contribution in [2.24, 2.45) is 5.92 Å². The first-order chi connectivity index (χ1) is 8.71. The minimum absolute atomic E-state index is 0.0125. The minimum Gasteiger partial charge on any atom is -0.392 e. The molecule has 0 aliphatic rings. The number of aliphatic hydroxyl groups is 1. The summed E-state index contributed by atoms with van der Waals surface area (Å²) < 4.78 is 0. The number of benzene rings is 1. The molecule has 100 valence electrons. The Morgan fingerprint density at radius 3 is 2.39 bits per heavy atom. The lowest BCUT2D eigenvalue weighted by atomic mass is 9.99. The van der Waals surface area contributed by atoms with Gasteiger partial charge in [-0.25, -0.2) is 0 Å². The highest BCUT2D eigenvalue weighted by molar-refractivity contribution is 5.76. The summed E-state index contributed by atoms with van der Waals surface area (Å²) >= 11 is 0. The van der Waals surface area contributed by atoms with Crippen molar-refractivity contribution in [3.63, 3.8) is 0 Å². The zero-order chi connectivity index (χ0) is 13.4. The minimum atomic E-state index is 0.0125. The van der Waals surface area contributed by atoms with Gasteiger partial charge in [0.1, 0.15) is 0 Å². The molecule has 0 aliphatic heterocycles. The van der Waals surface area contributed by atoms with Gasteiger partial charge in [-0.1, -0.05) is 51.0 Å². The number of amides is 1. The molecule has 1 rings (SSSR count). The van der Waals surface area contributed by atoms with Gasteiger partial charge in [0.05, 0.1) is 6.61 Å². The van der Waals surface area contributed by atoms with Gasteiger partial charge in [-0.3, -0.25) is 4.79 Å². The second-order valence-corrected chi connectivity index (χ2v) is 4.59. The molecular formula is C15H23NO2. The molecule has 0 heterocycles. The zero-order valence-corrected chi connectivity index (χ0v) is 11.3. The molecular weight excluding hydrogens is 226 g/mol. The maximum atomic E-state index is 11.8. The molecule has 0 aromatic heterocycles. The van der Waals surface area contributed by atoms with Crippen molar-refractivity contribution in [1.29, 1.82) is 0 Å². The Morgan fingerprint density at radius 1 is 1.22 bits per heavy atom. The molecule has 0 bridgehead atoms. The van der Waals surface area contributed by atoms with E-state index in [0.717, 1.165) is 24.0 Å². The first-order valence-electron chi connectivity index (χ1n) is 6.65. The largest absolute Gasteiger partial charge is 0.392 e. The van der Waals surface area contributed by atoms with E-state index < -0.39 is 0 Å². The van der Waals surface area contributed by atoms with E-state index >= 15 is 0 Å². The second-order valence-electron chi connectivity index (χ2n) is 4.59. The maximum Gasteiger partial charge on any atom is 0.220 e. The Labute approximate surface area is 109 Å². The predicted molar refractivity (Wildman–Crippen MR) is 72.9 cm³/mol. The average Bonchev–Trinajstić information content (AvgIpc) is 2.42. The predicted octanol–water partition coefficient (Wildman–Crippen LogP) is 2.62. The summed E-state index contributed by atoms with van der Waals surface area (Å²) in [6, 6.07) is 7.62. The zero-order valence-electron chi connectivity index (χ0n) is 11.3. The lowest BCUT2D eigenvalue weighted by molar-refractivity contribution is -0.122. The van der Waals surface area contributed by atoms with Crippen molar-refractivity contribution in [1.82, 2.24) is 5.32 Å². The van der Waals surface area contributed by atoms with Gasteiger partial charge < -0.3 is 10.4 Å². The topological polar surface area (TPSA) is 49.3 Å². The molecule has 0 saturated heterocycles. The first kappa shape index (κ1) is 14.7. The normalized spacial score (nSPS) is 10.7. The van der Waals surface area contributed by atoms with Crippen LogP contribution >= 0.6 is 0 Å². The van der Waals surface area contributed by atoms with E-state index in [1.165, 1.54) is 0 Å². The van der Waals surface area contributed by atoms with Gasteiger partial charge in [-0.05, 0) is 17.0 Å². The van der Waals surface area contributed by atoms with Crippen LogP contribution < -0.4 is 5.32 Å². The highest BCUT2D eigenvalue weighted by Gasteiger charge is 2.10. The van der Waals surface area contributed by atoms with Crippen molar-refractivity contribution in [2.45, 2.75) is 46.3 Å². The van der Waals surface area contributed by atoms with E-state index in [1.54, 1.807) is 0 Å². The summed E-state index contributed by atoms with van der Waals surface area (Å²) in [5, 5.41) is 12.1. The number of carbonyl (C=O) groups excluding carboxylic acids is 1. The Hall–Kier alpha value is -1.35. The smallest absolute Gasteiger partial charge is 0.220 e. The molecule has 2 N–H and O–H groups in total. The SMILES string of the molecule is CCC(CC)CC(=O)NCc1ccccc1CO. The Balaban J connectivity index is 2.47. The number of rotatable bonds is 7. The van der Waals surface area contributed by atoms with Gasteiger partial charge in [-0.2, -0.15) is 0 Å². The molecule has 0 saturated carbocycles. The first-order valence-corrected chi connectivity index (χ1v) is 6.65. The third kappa shape index (κ3) is 4.49. The Bertz CT molecular complexity index is 373. The summed E-state index contributed by atoms with van der Waals surface area (Å²) in [5.41, 5.74) is 1.86. The van der Waals surface area contributed by atoms with Gasteiger partial charge in [0.15, 0.2) is 0 Å². The van der Waals surface area contributed by atoms with E-state index in [0.29, 0.717) is 18.9 Å². The van der Waals surface area contributed by atoms with Crippen LogP contribution in [0.2, 0.25) is 0 Å². The standard InChI is InChI=1S/C15H23NO2/c1-3-12(4-2)9-15(18)16-10-13-7-5-6-8-14(13)11-17/h5-8,12,17H,3-4,9-11H2,1-2H3,(H,16,18). The molecule has 18 heavy (non-hydrogen) atoms. The summed E-state index contributed by atoms with van der Waals surface area (Å²) in [4.78, 5) is 11.8. The van der Waals surface area contributed by atoms with Crippen LogP contribution in [0.4, 0.5) is 0 Å². The monoisotopic (exact) mass is 249 g/mol. The van der Waals surface area contributed by atoms with Gasteiger partial charge in [0, 0.05) is 13.0 Å². The molecule has 1 aromatic carbocycles. The highest BCUT2D eigenvalue weighted by atomic mass is 16.3. The fraction of sp³-hybridized carbons (Fsp3) is 0.533. The summed E-state index contributed by atoms with van der Waals surface area (Å²) in [6.07, 6.45) is 2.67. The van der Waals surface area contributed by atoms with E-state index in [1.807, 2.05) is 24.3 Å². The Morgan fingerprint density at radius 2 is 1.83 bits per heavy atom. The van der Waals surface area contributed by atoms with E-state index in [9.17, 15) is 9.90 Å². The van der Waals surface area contributed by atoms with Crippen LogP contribution in [-0.4, -0.2) is 11.0 Å². The lowest BCUT2D eigenvalue weighted by Gasteiger charge is -2.13. The molecule has 1 amide bonds. The van der Waals surface area contributed by atoms with Crippen LogP contribution in [0, 0.1) is 5.92 Å². The molecule has 3 heteroatoms. The summed E-state index contributed by atoms with van der Waals surface area (Å²) in [6.45, 7) is 4.74. The number of nitrogens with one attached hydrogen (secondary N) is 1. The molecule has 3 nitrogen and oxygen atoms in total. The Kier molecular flexibility index (Phi) is 6.44. The fourth-order valence-corrected chi connectivity index (χ4v) is 1.99. The molecule has 0 aliphatic carbocycles. The number of hydrogen-bond acceptors (Lipinski definition) is 2. The molecule has 0 fully saturated rings. The van der Waals surface area contributed by atoms with Crippen LogP contribution in [0.15, 0.2) is 24.3 Å². The van der Waals surface area contributed by atoms with Gasteiger partial charge in [-0.15, -0.1) is 0 Å². The third-order valence-electron chi connectivity index (χ3n) is 3.39. The van der Waals surface area contributed by atoms with Crippen molar-refractivity contribution in [3.05, 3.63) is 35.4 Å². The highest BCUT2D eigenvalue weighted by Crippen LogP contribution is 2.13. The van der Waals surface area contributed by atoms with Crippen LogP contribution in [0.25, 0.3) is 0 Å². The maximum absolute atomic E-state index is 11.8. The van der Waals surface area contributed by atoms with E-state index in [2.05, 4.69) is 19.2 Å². The average molecular weight is 249 g/mol. The fourth-order valence-electron chi connectivity index (χ4n) is 1.99. The summed E-state index contributed by atoms with van der Waals surface area (Å²) in [7, 11) is 0.